The van der Waals surface area contributed by atoms with E-state index < -0.39 is 10.0 Å². The quantitative estimate of drug-likeness (QED) is 0.843. The summed E-state index contributed by atoms with van der Waals surface area (Å²) in [6.45, 7) is 1.49. The lowest BCUT2D eigenvalue weighted by Crippen LogP contribution is -2.55. The van der Waals surface area contributed by atoms with Crippen molar-refractivity contribution >= 4 is 10.0 Å². The maximum Gasteiger partial charge on any atom is 0.219 e. The molecule has 0 amide bonds. The summed E-state index contributed by atoms with van der Waals surface area (Å²) in [6.07, 6.45) is 0. The molecule has 1 saturated heterocycles. The van der Waals surface area contributed by atoms with Crippen molar-refractivity contribution in [1.82, 2.24) is 9.62 Å². The molecule has 100 valence electrons. The van der Waals surface area contributed by atoms with Crippen LogP contribution in [0, 0.1) is 0 Å². The first-order chi connectivity index (χ1) is 8.54. The van der Waals surface area contributed by atoms with Crippen LogP contribution in [0.15, 0.2) is 24.3 Å². The number of methoxy groups -OCH3 is 1. The molecule has 1 heterocycles. The van der Waals surface area contributed by atoms with E-state index >= 15 is 0 Å². The molecule has 0 aromatic heterocycles. The standard InChI is InChI=1S/C12H18N2O3S/c1-14(18(15,16)12-7-13-8-12)9-10-3-5-11(17-2)6-4-10/h3-6,12-13H,7-9H2,1-2H3. The van der Waals surface area contributed by atoms with E-state index in [1.165, 1.54) is 4.31 Å². The molecule has 6 heteroatoms. The van der Waals surface area contributed by atoms with E-state index in [1.54, 1.807) is 14.2 Å². The molecule has 2 rings (SSSR count). The fourth-order valence-electron chi connectivity index (χ4n) is 1.81. The van der Waals surface area contributed by atoms with Crippen LogP contribution < -0.4 is 10.1 Å². The van der Waals surface area contributed by atoms with Crippen LogP contribution in [0.5, 0.6) is 5.75 Å². The topological polar surface area (TPSA) is 58.6 Å². The Morgan fingerprint density at radius 2 is 1.94 bits per heavy atom. The lowest BCUT2D eigenvalue weighted by Gasteiger charge is -2.31. The van der Waals surface area contributed by atoms with E-state index in [0.717, 1.165) is 11.3 Å². The number of nitrogens with zero attached hydrogens (tertiary/aromatic N) is 1. The highest BCUT2D eigenvalue weighted by atomic mass is 32.2. The Labute approximate surface area is 108 Å². The van der Waals surface area contributed by atoms with E-state index in [9.17, 15) is 8.42 Å². The van der Waals surface area contributed by atoms with Crippen LogP contribution in [0.2, 0.25) is 0 Å². The Hall–Kier alpha value is -1.11. The Morgan fingerprint density at radius 3 is 2.39 bits per heavy atom. The summed E-state index contributed by atoms with van der Waals surface area (Å²) in [4.78, 5) is 0. The molecule has 1 aliphatic rings. The third-order valence-electron chi connectivity index (χ3n) is 3.16. The third kappa shape index (κ3) is 2.66. The molecule has 5 nitrogen and oxygen atoms in total. The summed E-state index contributed by atoms with van der Waals surface area (Å²) in [6, 6.07) is 7.43. The Bertz CT molecular complexity index is 495. The minimum atomic E-state index is -3.18. The Kier molecular flexibility index (Phi) is 3.89. The maximum absolute atomic E-state index is 12.1. The zero-order valence-electron chi connectivity index (χ0n) is 10.6. The van der Waals surface area contributed by atoms with Crippen molar-refractivity contribution in [3.8, 4) is 5.75 Å². The van der Waals surface area contributed by atoms with E-state index in [1.807, 2.05) is 24.3 Å². The van der Waals surface area contributed by atoms with E-state index in [2.05, 4.69) is 5.32 Å². The molecule has 0 saturated carbocycles. The minimum Gasteiger partial charge on any atom is -0.497 e. The Morgan fingerprint density at radius 1 is 1.33 bits per heavy atom. The summed E-state index contributed by atoms with van der Waals surface area (Å²) in [7, 11) is 0.0527. The van der Waals surface area contributed by atoms with Gasteiger partial charge in [0.15, 0.2) is 0 Å². The van der Waals surface area contributed by atoms with Gasteiger partial charge in [-0.3, -0.25) is 0 Å². The highest BCUT2D eigenvalue weighted by Crippen LogP contribution is 2.17. The second-order valence-corrected chi connectivity index (χ2v) is 6.75. The van der Waals surface area contributed by atoms with E-state index in [-0.39, 0.29) is 5.25 Å². The van der Waals surface area contributed by atoms with Gasteiger partial charge < -0.3 is 10.1 Å². The molecule has 1 aliphatic heterocycles. The summed E-state index contributed by atoms with van der Waals surface area (Å²) in [5, 5.41) is 2.70. The van der Waals surface area contributed by atoms with Crippen LogP contribution in [-0.2, 0) is 16.6 Å². The molecule has 0 radical (unpaired) electrons. The SMILES string of the molecule is COc1ccc(CN(C)S(=O)(=O)C2CNC2)cc1. The predicted octanol–water partition coefficient (Wildman–Crippen LogP) is 0.429. The third-order valence-corrected chi connectivity index (χ3v) is 5.34. The van der Waals surface area contributed by atoms with Gasteiger partial charge in [-0.1, -0.05) is 12.1 Å². The zero-order chi connectivity index (χ0) is 13.2. The fourth-order valence-corrected chi connectivity index (χ4v) is 3.30. The molecule has 0 atom stereocenters. The average Bonchev–Trinajstić information content (AvgIpc) is 2.27. The van der Waals surface area contributed by atoms with E-state index in [4.69, 9.17) is 4.74 Å². The molecule has 1 aromatic carbocycles. The molecule has 0 bridgehead atoms. The zero-order valence-corrected chi connectivity index (χ0v) is 11.4. The first-order valence-electron chi connectivity index (χ1n) is 5.83. The molecule has 0 aliphatic carbocycles. The van der Waals surface area contributed by atoms with Crippen LogP contribution in [0.4, 0.5) is 0 Å². The van der Waals surface area contributed by atoms with E-state index in [0.29, 0.717) is 19.6 Å². The number of sulfonamides is 1. The number of hydrogen-bond acceptors (Lipinski definition) is 4. The monoisotopic (exact) mass is 270 g/mol. The van der Waals surface area contributed by atoms with Gasteiger partial charge >= 0.3 is 0 Å². The molecule has 0 unspecified atom stereocenters. The van der Waals surface area contributed by atoms with Gasteiger partial charge in [-0.05, 0) is 17.7 Å². The van der Waals surface area contributed by atoms with Gasteiger partial charge in [0, 0.05) is 26.7 Å². The van der Waals surface area contributed by atoms with Crippen LogP contribution >= 0.6 is 0 Å². The van der Waals surface area contributed by atoms with Crippen molar-refractivity contribution in [3.63, 3.8) is 0 Å². The average molecular weight is 270 g/mol. The molecular formula is C12H18N2O3S. The minimum absolute atomic E-state index is 0.277. The lowest BCUT2D eigenvalue weighted by molar-refractivity contribution is 0.413. The van der Waals surface area contributed by atoms with Crippen LogP contribution in [0.3, 0.4) is 0 Å². The highest BCUT2D eigenvalue weighted by molar-refractivity contribution is 7.89. The second kappa shape index (κ2) is 5.26. The second-order valence-electron chi connectivity index (χ2n) is 4.43. The van der Waals surface area contributed by atoms with Crippen molar-refractivity contribution in [2.45, 2.75) is 11.8 Å². The number of ether oxygens (including phenoxy) is 1. The van der Waals surface area contributed by atoms with Crippen LogP contribution in [0.1, 0.15) is 5.56 Å². The normalized spacial score (nSPS) is 16.6. The smallest absolute Gasteiger partial charge is 0.219 e. The number of rotatable bonds is 5. The van der Waals surface area contributed by atoms with Gasteiger partial charge in [-0.2, -0.15) is 0 Å². The van der Waals surface area contributed by atoms with Crippen molar-refractivity contribution in [3.05, 3.63) is 29.8 Å². The maximum atomic E-state index is 12.1. The van der Waals surface area contributed by atoms with Gasteiger partial charge in [-0.15, -0.1) is 0 Å². The highest BCUT2D eigenvalue weighted by Gasteiger charge is 2.34. The molecule has 1 aromatic rings. The predicted molar refractivity (Wildman–Crippen MR) is 70.0 cm³/mol. The lowest BCUT2D eigenvalue weighted by atomic mass is 10.2. The van der Waals surface area contributed by atoms with Crippen LogP contribution in [0.25, 0.3) is 0 Å². The first-order valence-corrected chi connectivity index (χ1v) is 7.33. The van der Waals surface area contributed by atoms with Gasteiger partial charge in [0.1, 0.15) is 11.0 Å². The molecule has 1 N–H and O–H groups in total. The van der Waals surface area contributed by atoms with Gasteiger partial charge in [0.25, 0.3) is 0 Å². The van der Waals surface area contributed by atoms with Crippen molar-refractivity contribution < 1.29 is 13.2 Å². The molecule has 1 fully saturated rings. The van der Waals surface area contributed by atoms with Crippen molar-refractivity contribution in [2.24, 2.45) is 0 Å². The molecular weight excluding hydrogens is 252 g/mol. The summed E-state index contributed by atoms with van der Waals surface area (Å²) in [5.74, 6) is 0.771. The fraction of sp³-hybridized carbons (Fsp3) is 0.500. The van der Waals surface area contributed by atoms with Gasteiger partial charge in [0.2, 0.25) is 10.0 Å². The Balaban J connectivity index is 2.03. The van der Waals surface area contributed by atoms with Gasteiger partial charge in [-0.25, -0.2) is 12.7 Å². The molecule has 0 spiro atoms. The first kappa shape index (κ1) is 13.3. The summed E-state index contributed by atoms with van der Waals surface area (Å²) < 4.78 is 30.7. The van der Waals surface area contributed by atoms with Gasteiger partial charge in [0.05, 0.1) is 7.11 Å². The summed E-state index contributed by atoms with van der Waals surface area (Å²) >= 11 is 0. The van der Waals surface area contributed by atoms with Crippen LogP contribution in [-0.4, -0.2) is 45.2 Å². The number of nitrogens with one attached hydrogen (secondary N) is 1. The number of hydrogen-bond donors (Lipinski definition) is 1. The molecule has 18 heavy (non-hydrogen) atoms. The number of benzene rings is 1. The summed E-state index contributed by atoms with van der Waals surface area (Å²) in [5.41, 5.74) is 0.953. The van der Waals surface area contributed by atoms with Crippen molar-refractivity contribution in [1.29, 1.82) is 0 Å². The largest absolute Gasteiger partial charge is 0.497 e. The van der Waals surface area contributed by atoms with Crippen molar-refractivity contribution in [2.75, 3.05) is 27.2 Å².